The number of hydrogen-bond donors (Lipinski definition) is 2. The number of anilines is 1. The smallest absolute Gasteiger partial charge is 0.288 e. The molecule has 0 unspecified atom stereocenters. The number of thioether (sulfide) groups is 1. The second-order valence-corrected chi connectivity index (χ2v) is 7.83. The second kappa shape index (κ2) is 9.22. The summed E-state index contributed by atoms with van der Waals surface area (Å²) in [4.78, 5) is 17.1. The first-order valence-electron chi connectivity index (χ1n) is 8.02. The van der Waals surface area contributed by atoms with Gasteiger partial charge in [-0.3, -0.25) is 19.8 Å². The maximum absolute atomic E-state index is 12.4. The summed E-state index contributed by atoms with van der Waals surface area (Å²) in [5.41, 5.74) is 1.10. The van der Waals surface area contributed by atoms with Crippen LogP contribution in [0.3, 0.4) is 0 Å². The Kier molecular flexibility index (Phi) is 6.70. The number of carbonyl (C=O) groups is 1. The molecular weight excluding hydrogens is 424 g/mol. The van der Waals surface area contributed by atoms with E-state index in [-0.39, 0.29) is 5.91 Å². The lowest BCUT2D eigenvalue weighted by molar-refractivity contribution is 0.102. The Hall–Kier alpha value is -2.37. The van der Waals surface area contributed by atoms with E-state index in [2.05, 4.69) is 27.1 Å². The molecule has 0 spiro atoms. The van der Waals surface area contributed by atoms with Crippen LogP contribution in [0.4, 0.5) is 13.9 Å². The fraction of sp³-hybridized carbons (Fsp3) is 0.176. The summed E-state index contributed by atoms with van der Waals surface area (Å²) < 4.78 is 27.0. The van der Waals surface area contributed by atoms with Crippen LogP contribution < -0.4 is 5.32 Å². The predicted molar refractivity (Wildman–Crippen MR) is 109 cm³/mol. The second-order valence-electron chi connectivity index (χ2n) is 5.52. The van der Waals surface area contributed by atoms with Crippen molar-refractivity contribution in [1.82, 2.24) is 19.7 Å². The Bertz CT molecular complexity index is 1030. The van der Waals surface area contributed by atoms with Crippen LogP contribution >= 0.6 is 35.3 Å². The van der Waals surface area contributed by atoms with Crippen molar-refractivity contribution < 1.29 is 13.6 Å². The number of alkyl halides is 2. The molecule has 3 aromatic rings. The third-order valence-corrected chi connectivity index (χ3v) is 5.44. The van der Waals surface area contributed by atoms with Gasteiger partial charge in [-0.1, -0.05) is 17.8 Å². The molecular formula is C17H15F2N5OS3. The van der Waals surface area contributed by atoms with E-state index >= 15 is 0 Å². The molecule has 1 amide bonds. The average molecular weight is 440 g/mol. The third-order valence-electron chi connectivity index (χ3n) is 3.60. The number of amides is 1. The lowest BCUT2D eigenvalue weighted by Gasteiger charge is -2.04. The van der Waals surface area contributed by atoms with Gasteiger partial charge >= 0.3 is 0 Å². The minimum atomic E-state index is -2.50. The highest BCUT2D eigenvalue weighted by molar-refractivity contribution is 7.99. The fourth-order valence-electron chi connectivity index (χ4n) is 2.37. The highest BCUT2D eigenvalue weighted by Gasteiger charge is 2.13. The quantitative estimate of drug-likeness (QED) is 0.301. The molecule has 0 radical (unpaired) electrons. The Morgan fingerprint density at radius 2 is 2.18 bits per heavy atom. The summed E-state index contributed by atoms with van der Waals surface area (Å²) in [5.74, 6) is -2.13. The summed E-state index contributed by atoms with van der Waals surface area (Å²) in [5, 5.41) is 11.9. The molecule has 0 aliphatic heterocycles. The highest BCUT2D eigenvalue weighted by atomic mass is 32.2. The Morgan fingerprint density at radius 1 is 1.43 bits per heavy atom. The van der Waals surface area contributed by atoms with Crippen molar-refractivity contribution in [2.75, 3.05) is 5.32 Å². The first-order valence-corrected chi connectivity index (χ1v) is 10.2. The number of benzene rings is 1. The van der Waals surface area contributed by atoms with E-state index in [1.54, 1.807) is 6.08 Å². The van der Waals surface area contributed by atoms with Gasteiger partial charge in [-0.2, -0.15) is 13.9 Å². The van der Waals surface area contributed by atoms with Gasteiger partial charge in [0.25, 0.3) is 11.7 Å². The zero-order valence-electron chi connectivity index (χ0n) is 14.4. The molecule has 6 nitrogen and oxygen atoms in total. The zero-order chi connectivity index (χ0) is 20.1. The molecule has 0 saturated heterocycles. The number of thiazole rings is 1. The van der Waals surface area contributed by atoms with Crippen LogP contribution in [-0.2, 0) is 13.0 Å². The normalized spacial score (nSPS) is 11.0. The summed E-state index contributed by atoms with van der Waals surface area (Å²) in [7, 11) is 0. The number of aromatic nitrogens is 4. The van der Waals surface area contributed by atoms with Crippen molar-refractivity contribution in [3.05, 3.63) is 64.2 Å². The van der Waals surface area contributed by atoms with E-state index in [9.17, 15) is 13.6 Å². The summed E-state index contributed by atoms with van der Waals surface area (Å²) >= 11 is 6.91. The number of H-pyrrole nitrogens is 1. The molecule has 2 aromatic heterocycles. The first-order chi connectivity index (χ1) is 13.5. The minimum Gasteiger partial charge on any atom is -0.300 e. The van der Waals surface area contributed by atoms with E-state index in [1.807, 2.05) is 9.95 Å². The predicted octanol–water partition coefficient (Wildman–Crippen LogP) is 4.74. The van der Waals surface area contributed by atoms with Crippen LogP contribution in [0.25, 0.3) is 0 Å². The molecule has 0 fully saturated rings. The van der Waals surface area contributed by atoms with Gasteiger partial charge in [0.2, 0.25) is 0 Å². The Labute approximate surface area is 172 Å². The van der Waals surface area contributed by atoms with Crippen molar-refractivity contribution in [3.8, 4) is 0 Å². The molecule has 3 rings (SSSR count). The van der Waals surface area contributed by atoms with E-state index in [0.29, 0.717) is 45.1 Å². The largest absolute Gasteiger partial charge is 0.300 e. The fourth-order valence-corrected chi connectivity index (χ4v) is 3.80. The first kappa shape index (κ1) is 20.4. The standard InChI is InChI=1S/C17H15F2N5OS3/c1-2-7-24-13(22-23-17(24)26)8-11-9-27-16(20-11)21-14(25)10-3-5-12(6-4-10)28-15(18)19/h2-6,9,15H,1,7-8H2,(H,23,26)(H,20,21,25). The van der Waals surface area contributed by atoms with Crippen LogP contribution in [0.5, 0.6) is 0 Å². The molecule has 2 heterocycles. The van der Waals surface area contributed by atoms with Crippen LogP contribution in [0.15, 0.2) is 47.2 Å². The molecule has 11 heteroatoms. The lowest BCUT2D eigenvalue weighted by atomic mass is 10.2. The monoisotopic (exact) mass is 439 g/mol. The van der Waals surface area contributed by atoms with Crippen LogP contribution in [0.2, 0.25) is 0 Å². The number of carbonyl (C=O) groups excluding carboxylic acids is 1. The average Bonchev–Trinajstić information content (AvgIpc) is 3.23. The highest BCUT2D eigenvalue weighted by Crippen LogP contribution is 2.25. The third kappa shape index (κ3) is 5.12. The summed E-state index contributed by atoms with van der Waals surface area (Å²) in [6, 6.07) is 5.98. The molecule has 0 bridgehead atoms. The van der Waals surface area contributed by atoms with Crippen molar-refractivity contribution in [2.45, 2.75) is 23.6 Å². The maximum Gasteiger partial charge on any atom is 0.288 e. The van der Waals surface area contributed by atoms with Crippen LogP contribution in [0.1, 0.15) is 21.9 Å². The van der Waals surface area contributed by atoms with Gasteiger partial charge in [0, 0.05) is 22.4 Å². The molecule has 28 heavy (non-hydrogen) atoms. The topological polar surface area (TPSA) is 75.6 Å². The van der Waals surface area contributed by atoms with Gasteiger partial charge in [0.05, 0.1) is 12.1 Å². The number of hydrogen-bond acceptors (Lipinski definition) is 6. The molecule has 146 valence electrons. The van der Waals surface area contributed by atoms with E-state index in [1.165, 1.54) is 35.6 Å². The van der Waals surface area contributed by atoms with Crippen LogP contribution in [-0.4, -0.2) is 31.4 Å². The molecule has 0 saturated carbocycles. The van der Waals surface area contributed by atoms with Crippen LogP contribution in [0, 0.1) is 4.77 Å². The van der Waals surface area contributed by atoms with Crippen molar-refractivity contribution in [2.24, 2.45) is 0 Å². The van der Waals surface area contributed by atoms with E-state index in [0.717, 1.165) is 11.5 Å². The number of aromatic amines is 1. The molecule has 0 aliphatic rings. The number of nitrogens with zero attached hydrogens (tertiary/aromatic N) is 3. The molecule has 2 N–H and O–H groups in total. The van der Waals surface area contributed by atoms with Crippen molar-refractivity contribution in [1.29, 1.82) is 0 Å². The molecule has 0 aliphatic carbocycles. The minimum absolute atomic E-state index is 0.358. The SMILES string of the molecule is C=CCn1c(Cc2csc(NC(=O)c3ccc(SC(F)F)cc3)n2)n[nH]c1=S. The maximum atomic E-state index is 12.4. The number of nitrogens with one attached hydrogen (secondary N) is 2. The van der Waals surface area contributed by atoms with E-state index < -0.39 is 5.76 Å². The van der Waals surface area contributed by atoms with Gasteiger partial charge in [-0.05, 0) is 36.5 Å². The van der Waals surface area contributed by atoms with Gasteiger partial charge in [-0.25, -0.2) is 4.98 Å². The Balaban J connectivity index is 1.65. The van der Waals surface area contributed by atoms with Gasteiger partial charge in [-0.15, -0.1) is 17.9 Å². The summed E-state index contributed by atoms with van der Waals surface area (Å²) in [6.45, 7) is 4.24. The number of halogens is 2. The van der Waals surface area contributed by atoms with E-state index in [4.69, 9.17) is 12.2 Å². The zero-order valence-corrected chi connectivity index (χ0v) is 16.8. The molecule has 1 aromatic carbocycles. The molecule has 0 atom stereocenters. The van der Waals surface area contributed by atoms with Gasteiger partial charge in [0.1, 0.15) is 5.82 Å². The number of allylic oxidation sites excluding steroid dienone is 1. The van der Waals surface area contributed by atoms with Crippen molar-refractivity contribution in [3.63, 3.8) is 0 Å². The summed E-state index contributed by atoms with van der Waals surface area (Å²) in [6.07, 6.45) is 2.18. The van der Waals surface area contributed by atoms with Gasteiger partial charge in [0.15, 0.2) is 9.90 Å². The lowest BCUT2D eigenvalue weighted by Crippen LogP contribution is -2.11. The number of rotatable bonds is 8. The van der Waals surface area contributed by atoms with Crippen molar-refractivity contribution >= 4 is 46.4 Å². The van der Waals surface area contributed by atoms with Gasteiger partial charge < -0.3 is 0 Å². The Morgan fingerprint density at radius 3 is 2.86 bits per heavy atom.